The first-order chi connectivity index (χ1) is 19.5. The van der Waals surface area contributed by atoms with Gasteiger partial charge in [-0.25, -0.2) is 4.79 Å². The van der Waals surface area contributed by atoms with Crippen LogP contribution in [0.25, 0.3) is 16.8 Å². The quantitative estimate of drug-likeness (QED) is 0.168. The van der Waals surface area contributed by atoms with Crippen LogP contribution in [0.15, 0.2) is 54.0 Å². The highest BCUT2D eigenvalue weighted by molar-refractivity contribution is 8.03. The summed E-state index contributed by atoms with van der Waals surface area (Å²) >= 11 is 1.43. The Labute approximate surface area is 245 Å². The van der Waals surface area contributed by atoms with Crippen molar-refractivity contribution in [3.63, 3.8) is 0 Å². The van der Waals surface area contributed by atoms with Crippen molar-refractivity contribution in [1.29, 1.82) is 0 Å². The molecule has 7 nitrogen and oxygen atoms in total. The van der Waals surface area contributed by atoms with Gasteiger partial charge in [0.15, 0.2) is 6.54 Å². The number of carboxylic acids is 1. The molecule has 0 spiro atoms. The molecule has 41 heavy (non-hydrogen) atoms. The summed E-state index contributed by atoms with van der Waals surface area (Å²) in [6.45, 7) is 12.7. The van der Waals surface area contributed by atoms with Crippen molar-refractivity contribution in [3.8, 4) is 17.2 Å². The van der Waals surface area contributed by atoms with Crippen molar-refractivity contribution >= 4 is 34.6 Å². The van der Waals surface area contributed by atoms with Crippen molar-refractivity contribution in [1.82, 2.24) is 0 Å². The van der Waals surface area contributed by atoms with Gasteiger partial charge in [0.2, 0.25) is 0 Å². The van der Waals surface area contributed by atoms with Gasteiger partial charge in [-0.1, -0.05) is 54.7 Å². The topological polar surface area (TPSA) is 88.0 Å². The first kappa shape index (κ1) is 29.0. The Hall–Kier alpha value is -3.46. The smallest absolute Gasteiger partial charge is 0.359 e. The summed E-state index contributed by atoms with van der Waals surface area (Å²) in [6.07, 6.45) is 5.45. The molecular weight excluding hydrogens is 538 g/mol. The van der Waals surface area contributed by atoms with Gasteiger partial charge in [0.05, 0.1) is 0 Å². The van der Waals surface area contributed by atoms with Crippen LogP contribution in [0.1, 0.15) is 41.2 Å². The van der Waals surface area contributed by atoms with Gasteiger partial charge in [-0.05, 0) is 80.3 Å². The fraction of sp³-hybridized carbons (Fsp3) is 0.364. The lowest BCUT2D eigenvalue weighted by Crippen LogP contribution is -2.42. The maximum Gasteiger partial charge on any atom is 0.359 e. The Bertz CT molecular complexity index is 1550. The molecule has 2 aliphatic rings. The monoisotopic (exact) mass is 575 g/mol. The average molecular weight is 576 g/mol. The zero-order chi connectivity index (χ0) is 29.4. The Morgan fingerprint density at radius 1 is 1.15 bits per heavy atom. The third-order valence-electron chi connectivity index (χ3n) is 8.03. The number of hydrogen-bond donors (Lipinski definition) is 1. The first-order valence-electron chi connectivity index (χ1n) is 13.8. The number of nitrogens with zero attached hydrogens (tertiary/aromatic N) is 1. The minimum atomic E-state index is -1.07. The Morgan fingerprint density at radius 3 is 2.63 bits per heavy atom. The lowest BCUT2D eigenvalue weighted by atomic mass is 9.87. The van der Waals surface area contributed by atoms with E-state index in [0.717, 1.165) is 68.0 Å². The second kappa shape index (κ2) is 11.4. The van der Waals surface area contributed by atoms with Crippen LogP contribution in [0.4, 0.5) is 0 Å². The normalized spacial score (nSPS) is 22.8. The summed E-state index contributed by atoms with van der Waals surface area (Å²) in [4.78, 5) is 12.0. The molecule has 216 valence electrons. The maximum absolute atomic E-state index is 12.7. The highest BCUT2D eigenvalue weighted by Crippen LogP contribution is 2.44. The predicted molar refractivity (Wildman–Crippen MR) is 165 cm³/mol. The molecular formula is C33H37NO6S. The molecule has 1 N–H and O–H groups in total. The predicted octanol–water partition coefficient (Wildman–Crippen LogP) is 6.94. The molecule has 5 rings (SSSR count). The zero-order valence-corrected chi connectivity index (χ0v) is 24.9. The average Bonchev–Trinajstić information content (AvgIpc) is 3.30. The van der Waals surface area contributed by atoms with Gasteiger partial charge in [-0.3, -0.25) is 0 Å². The molecule has 2 aliphatic heterocycles. The van der Waals surface area contributed by atoms with E-state index in [1.807, 2.05) is 42.5 Å². The maximum atomic E-state index is 12.7. The van der Waals surface area contributed by atoms with E-state index in [0.29, 0.717) is 13.2 Å². The van der Waals surface area contributed by atoms with Crippen molar-refractivity contribution in [2.24, 2.45) is 0 Å². The van der Waals surface area contributed by atoms with Crippen LogP contribution in [-0.2, 0) is 11.2 Å². The summed E-state index contributed by atoms with van der Waals surface area (Å²) in [5, 5.41) is 23.8. The number of benzene rings is 3. The number of ether oxygens (including phenoxy) is 3. The number of rotatable bonds is 9. The number of quaternary nitrogens is 1. The Balaban J connectivity index is 1.36. The fourth-order valence-corrected chi connectivity index (χ4v) is 6.82. The number of thioether (sulfide) groups is 1. The van der Waals surface area contributed by atoms with Gasteiger partial charge in [0.1, 0.15) is 48.5 Å². The number of hydrogen-bond acceptors (Lipinski definition) is 6. The van der Waals surface area contributed by atoms with E-state index >= 15 is 0 Å². The molecule has 0 aromatic heterocycles. The summed E-state index contributed by atoms with van der Waals surface area (Å²) in [7, 11) is 0. The molecule has 3 aromatic carbocycles. The van der Waals surface area contributed by atoms with Crippen LogP contribution in [0, 0.1) is 26.0 Å². The summed E-state index contributed by atoms with van der Waals surface area (Å²) in [5.41, 5.74) is 4.97. The van der Waals surface area contributed by atoms with Crippen molar-refractivity contribution in [2.45, 2.75) is 46.1 Å². The van der Waals surface area contributed by atoms with Gasteiger partial charge in [-0.2, -0.15) is 0 Å². The molecule has 1 fully saturated rings. The standard InChI is InChI=1S/C33H37NO6S/c1-6-15-38-31-21(2)22(3)32-26(23(31)4)13-14-33(5,40-32)19-39-29-12-11-24(27-9-7-8-10-28(27)29)16-25-17-34(37,20-41-25)18-30(35)36/h6-12,16H,1,13-15,17-20H2,2-5H3,(H,35,36)/b25-16-. The number of carboxylic acid groups (broad SMARTS) is 1. The molecule has 2 heterocycles. The molecule has 0 amide bonds. The van der Waals surface area contributed by atoms with E-state index in [9.17, 15) is 10.0 Å². The lowest BCUT2D eigenvalue weighted by molar-refractivity contribution is -0.851. The fourth-order valence-electron chi connectivity index (χ4n) is 5.70. The van der Waals surface area contributed by atoms with Crippen molar-refractivity contribution < 1.29 is 28.8 Å². The van der Waals surface area contributed by atoms with Crippen molar-refractivity contribution in [2.75, 3.05) is 32.2 Å². The summed E-state index contributed by atoms with van der Waals surface area (Å²) < 4.78 is 18.4. The molecule has 0 radical (unpaired) electrons. The van der Waals surface area contributed by atoms with Gasteiger partial charge in [-0.15, -0.1) is 0 Å². The number of fused-ring (bicyclic) bond motifs is 2. The zero-order valence-electron chi connectivity index (χ0n) is 24.1. The highest BCUT2D eigenvalue weighted by atomic mass is 32.2. The van der Waals surface area contributed by atoms with Crippen LogP contribution >= 0.6 is 11.8 Å². The molecule has 0 aliphatic carbocycles. The van der Waals surface area contributed by atoms with Crippen molar-refractivity contribution in [3.05, 3.63) is 87.0 Å². The van der Waals surface area contributed by atoms with E-state index in [2.05, 4.69) is 34.3 Å². The van der Waals surface area contributed by atoms with Gasteiger partial charge in [0.25, 0.3) is 0 Å². The molecule has 0 saturated carbocycles. The summed E-state index contributed by atoms with van der Waals surface area (Å²) in [5.74, 6) is 1.76. The Morgan fingerprint density at radius 2 is 1.90 bits per heavy atom. The van der Waals surface area contributed by atoms with E-state index in [1.165, 1.54) is 17.3 Å². The molecule has 1 saturated heterocycles. The third-order valence-corrected chi connectivity index (χ3v) is 9.25. The largest absolute Gasteiger partial charge is 0.632 e. The third kappa shape index (κ3) is 5.96. The van der Waals surface area contributed by atoms with Crippen LogP contribution in [0.2, 0.25) is 0 Å². The SMILES string of the molecule is C=CCOc1c(C)c(C)c2c(c1C)CCC(C)(COc1ccc(/C=C3/C[N+]([O-])(CC(=O)O)CS3)c3ccccc13)O2. The molecule has 0 bridgehead atoms. The number of hydroxylamine groups is 3. The van der Waals surface area contributed by atoms with Crippen LogP contribution in [-0.4, -0.2) is 53.5 Å². The first-order valence-corrected chi connectivity index (χ1v) is 14.8. The number of carbonyl (C=O) groups is 1. The Kier molecular flexibility index (Phi) is 8.10. The second-order valence-electron chi connectivity index (χ2n) is 11.3. The number of aliphatic carboxylic acids is 1. The molecule has 2 atom stereocenters. The molecule has 8 heteroatoms. The van der Waals surface area contributed by atoms with Gasteiger partial charge in [0, 0.05) is 15.9 Å². The van der Waals surface area contributed by atoms with E-state index in [4.69, 9.17) is 19.3 Å². The van der Waals surface area contributed by atoms with E-state index in [1.54, 1.807) is 6.08 Å². The molecule has 2 unspecified atom stereocenters. The van der Waals surface area contributed by atoms with Gasteiger partial charge < -0.3 is 29.2 Å². The van der Waals surface area contributed by atoms with Crippen LogP contribution < -0.4 is 14.2 Å². The van der Waals surface area contributed by atoms with Gasteiger partial charge >= 0.3 is 5.97 Å². The van der Waals surface area contributed by atoms with E-state index < -0.39 is 22.8 Å². The van der Waals surface area contributed by atoms with Crippen LogP contribution in [0.5, 0.6) is 17.2 Å². The summed E-state index contributed by atoms with van der Waals surface area (Å²) in [6, 6.07) is 12.0. The second-order valence-corrected chi connectivity index (χ2v) is 12.4. The van der Waals surface area contributed by atoms with E-state index in [-0.39, 0.29) is 12.4 Å². The molecule has 3 aromatic rings. The lowest BCUT2D eigenvalue weighted by Gasteiger charge is -2.38. The van der Waals surface area contributed by atoms with Crippen LogP contribution in [0.3, 0.4) is 0 Å². The minimum Gasteiger partial charge on any atom is -0.632 e. The minimum absolute atomic E-state index is 0.168. The highest BCUT2D eigenvalue weighted by Gasteiger charge is 2.36.